The Morgan fingerprint density at radius 1 is 1.73 bits per heavy atom. The van der Waals surface area contributed by atoms with E-state index in [-0.39, 0.29) is 29.7 Å². The molecule has 0 unspecified atom stereocenters. The van der Waals surface area contributed by atoms with Gasteiger partial charge in [-0.2, -0.15) is 0 Å². The van der Waals surface area contributed by atoms with Gasteiger partial charge in [0.05, 0.1) is 7.11 Å². The lowest BCUT2D eigenvalue weighted by atomic mass is 10.2. The molecule has 11 heavy (non-hydrogen) atoms. The van der Waals surface area contributed by atoms with Crippen LogP contribution in [0.2, 0.25) is 0 Å². The van der Waals surface area contributed by atoms with Gasteiger partial charge in [-0.25, -0.2) is 0 Å². The zero-order valence-corrected chi connectivity index (χ0v) is 7.91. The molecule has 0 saturated carbocycles. The molecule has 0 aromatic rings. The summed E-state index contributed by atoms with van der Waals surface area (Å²) in [6.45, 7) is 0. The lowest BCUT2D eigenvalue weighted by molar-refractivity contribution is -0.140. The Balaban J connectivity index is 0.000001000. The molecule has 5 heteroatoms. The van der Waals surface area contributed by atoms with E-state index in [2.05, 4.69) is 4.74 Å². The molecule has 0 spiro atoms. The van der Waals surface area contributed by atoms with Gasteiger partial charge in [-0.05, 0) is 6.42 Å². The van der Waals surface area contributed by atoms with Crippen LogP contribution in [0.25, 0.3) is 0 Å². The highest BCUT2D eigenvalue weighted by Gasteiger charge is 2.28. The zero-order chi connectivity index (χ0) is 7.56. The molecule has 0 aromatic carbocycles. The molecule has 1 heterocycles. The first kappa shape index (κ1) is 11.1. The third kappa shape index (κ3) is 2.89. The van der Waals surface area contributed by atoms with Gasteiger partial charge in [0.2, 0.25) is 0 Å². The first-order valence-corrected chi connectivity index (χ1v) is 4.24. The molecule has 0 bridgehead atoms. The minimum atomic E-state index is -0.141. The van der Waals surface area contributed by atoms with Crippen LogP contribution in [-0.2, 0) is 9.53 Å². The maximum atomic E-state index is 10.9. The first-order valence-electron chi connectivity index (χ1n) is 3.19. The van der Waals surface area contributed by atoms with Gasteiger partial charge in [-0.3, -0.25) is 4.79 Å². The molecule has 0 radical (unpaired) electrons. The van der Waals surface area contributed by atoms with Gasteiger partial charge >= 0.3 is 5.97 Å². The molecule has 1 fully saturated rings. The van der Waals surface area contributed by atoms with E-state index in [1.165, 1.54) is 7.11 Å². The normalized spacial score (nSPS) is 29.3. The number of hydrogen-bond acceptors (Lipinski definition) is 4. The van der Waals surface area contributed by atoms with E-state index >= 15 is 0 Å². The van der Waals surface area contributed by atoms with Crippen molar-refractivity contribution in [3.8, 4) is 0 Å². The molecule has 2 atom stereocenters. The van der Waals surface area contributed by atoms with Gasteiger partial charge < -0.3 is 10.5 Å². The Morgan fingerprint density at radius 3 is 2.73 bits per heavy atom. The molecule has 0 amide bonds. The minimum Gasteiger partial charge on any atom is -0.468 e. The van der Waals surface area contributed by atoms with Crippen LogP contribution in [-0.4, -0.2) is 30.1 Å². The van der Waals surface area contributed by atoms with Crippen molar-refractivity contribution in [3.05, 3.63) is 0 Å². The lowest BCUT2D eigenvalue weighted by Crippen LogP contribution is -2.22. The number of hydrogen-bond donors (Lipinski definition) is 1. The Kier molecular flexibility index (Phi) is 4.88. The van der Waals surface area contributed by atoms with E-state index < -0.39 is 0 Å². The van der Waals surface area contributed by atoms with Crippen LogP contribution >= 0.6 is 24.2 Å². The number of carbonyl (C=O) groups excluding carboxylic acids is 1. The number of esters is 1. The number of methoxy groups -OCH3 is 1. The fourth-order valence-corrected chi connectivity index (χ4v) is 2.18. The van der Waals surface area contributed by atoms with Gasteiger partial charge in [0.25, 0.3) is 0 Å². The maximum absolute atomic E-state index is 10.9. The van der Waals surface area contributed by atoms with Gasteiger partial charge in [-0.1, -0.05) is 0 Å². The summed E-state index contributed by atoms with van der Waals surface area (Å²) < 4.78 is 4.57. The molecule has 1 aliphatic rings. The van der Waals surface area contributed by atoms with E-state index in [0.29, 0.717) is 0 Å². The largest absolute Gasteiger partial charge is 0.468 e. The summed E-state index contributed by atoms with van der Waals surface area (Å²) in [6, 6.07) is 0.175. The van der Waals surface area contributed by atoms with Crippen LogP contribution in [0.3, 0.4) is 0 Å². The van der Waals surface area contributed by atoms with Gasteiger partial charge in [0.15, 0.2) is 0 Å². The van der Waals surface area contributed by atoms with Gasteiger partial charge in [-0.15, -0.1) is 24.2 Å². The standard InChI is InChI=1S/C6H11NO2S.ClH/c1-9-6(8)5-2-4(7)3-10-5;/h4-5H,2-3,7H2,1H3;1H/t4-,5-;/m0./s1. The second-order valence-corrected chi connectivity index (χ2v) is 3.58. The molecule has 3 nitrogen and oxygen atoms in total. The van der Waals surface area contributed by atoms with E-state index in [0.717, 1.165) is 12.2 Å². The molecule has 66 valence electrons. The summed E-state index contributed by atoms with van der Waals surface area (Å²) in [7, 11) is 1.41. The number of nitrogens with two attached hydrogens (primary N) is 1. The highest BCUT2D eigenvalue weighted by atomic mass is 35.5. The van der Waals surface area contributed by atoms with Gasteiger partial charge in [0, 0.05) is 11.8 Å². The maximum Gasteiger partial charge on any atom is 0.318 e. The average molecular weight is 198 g/mol. The number of thioether (sulfide) groups is 1. The van der Waals surface area contributed by atoms with Crippen LogP contribution in [0.4, 0.5) is 0 Å². The highest BCUT2D eigenvalue weighted by molar-refractivity contribution is 8.00. The smallest absolute Gasteiger partial charge is 0.318 e. The topological polar surface area (TPSA) is 52.3 Å². The van der Waals surface area contributed by atoms with Crippen LogP contribution in [0, 0.1) is 0 Å². The molecule has 0 aliphatic carbocycles. The SMILES string of the molecule is COC(=O)[C@@H]1C[C@H](N)CS1.Cl. The number of rotatable bonds is 1. The molecule has 1 rings (SSSR count). The Hall–Kier alpha value is 0.0700. The van der Waals surface area contributed by atoms with Crippen molar-refractivity contribution in [2.24, 2.45) is 5.73 Å². The third-order valence-electron chi connectivity index (χ3n) is 1.49. The fourth-order valence-electron chi connectivity index (χ4n) is 0.947. The highest BCUT2D eigenvalue weighted by Crippen LogP contribution is 2.26. The molecule has 1 aliphatic heterocycles. The zero-order valence-electron chi connectivity index (χ0n) is 6.28. The second kappa shape index (κ2) is 4.85. The molecular formula is C6H12ClNO2S. The van der Waals surface area contributed by atoms with Crippen molar-refractivity contribution < 1.29 is 9.53 Å². The summed E-state index contributed by atoms with van der Waals surface area (Å²) in [5.74, 6) is 0.734. The van der Waals surface area contributed by atoms with E-state index in [1.807, 2.05) is 0 Å². The summed E-state index contributed by atoms with van der Waals surface area (Å²) in [4.78, 5) is 10.9. The lowest BCUT2D eigenvalue weighted by Gasteiger charge is -2.03. The van der Waals surface area contributed by atoms with Crippen molar-refractivity contribution >= 4 is 30.1 Å². The predicted molar refractivity (Wildman–Crippen MR) is 48.1 cm³/mol. The van der Waals surface area contributed by atoms with Crippen LogP contribution < -0.4 is 5.73 Å². The predicted octanol–water partition coefficient (Wildman–Crippen LogP) is 0.414. The molecule has 2 N–H and O–H groups in total. The second-order valence-electron chi connectivity index (χ2n) is 2.34. The van der Waals surface area contributed by atoms with E-state index in [1.54, 1.807) is 11.8 Å². The Labute approximate surface area is 76.4 Å². The number of halogens is 1. The van der Waals surface area contributed by atoms with E-state index in [9.17, 15) is 4.79 Å². The summed E-state index contributed by atoms with van der Waals surface area (Å²) in [5.41, 5.74) is 5.59. The minimum absolute atomic E-state index is 0. The summed E-state index contributed by atoms with van der Waals surface area (Å²) >= 11 is 1.58. The Morgan fingerprint density at radius 2 is 2.36 bits per heavy atom. The van der Waals surface area contributed by atoms with Crippen molar-refractivity contribution in [2.75, 3.05) is 12.9 Å². The van der Waals surface area contributed by atoms with Crippen LogP contribution in [0.5, 0.6) is 0 Å². The van der Waals surface area contributed by atoms with Crippen molar-refractivity contribution in [3.63, 3.8) is 0 Å². The number of ether oxygens (including phenoxy) is 1. The summed E-state index contributed by atoms with van der Waals surface area (Å²) in [6.07, 6.45) is 0.761. The average Bonchev–Trinajstić information content (AvgIpc) is 2.34. The van der Waals surface area contributed by atoms with Gasteiger partial charge in [0.1, 0.15) is 5.25 Å². The van der Waals surface area contributed by atoms with Crippen molar-refractivity contribution in [1.29, 1.82) is 0 Å². The van der Waals surface area contributed by atoms with Crippen molar-refractivity contribution in [2.45, 2.75) is 17.7 Å². The third-order valence-corrected chi connectivity index (χ3v) is 2.90. The molecule has 1 saturated heterocycles. The Bertz CT molecular complexity index is 145. The monoisotopic (exact) mass is 197 g/mol. The quantitative estimate of drug-likeness (QED) is 0.619. The summed E-state index contributed by atoms with van der Waals surface area (Å²) in [5, 5.41) is -0.0139. The van der Waals surface area contributed by atoms with Crippen LogP contribution in [0.15, 0.2) is 0 Å². The van der Waals surface area contributed by atoms with E-state index in [4.69, 9.17) is 5.73 Å². The first-order chi connectivity index (χ1) is 4.74. The van der Waals surface area contributed by atoms with Crippen LogP contribution in [0.1, 0.15) is 6.42 Å². The van der Waals surface area contributed by atoms with Crippen molar-refractivity contribution in [1.82, 2.24) is 0 Å². The number of carbonyl (C=O) groups is 1. The fraction of sp³-hybridized carbons (Fsp3) is 0.833. The molecular weight excluding hydrogens is 186 g/mol. The molecule has 0 aromatic heterocycles.